The average Bonchev–Trinajstić information content (AvgIpc) is 2.39. The summed E-state index contributed by atoms with van der Waals surface area (Å²) in [5.74, 6) is 0.755. The largest absolute Gasteiger partial charge is 0.384 e. The number of thioether (sulfide) groups is 1. The Hall–Kier alpha value is -1.48. The zero-order chi connectivity index (χ0) is 13.7. The normalized spacial score (nSPS) is 10.5. The van der Waals surface area contributed by atoms with Crippen LogP contribution in [0.5, 0.6) is 0 Å². The van der Waals surface area contributed by atoms with Crippen molar-refractivity contribution in [1.82, 2.24) is 0 Å². The zero-order valence-corrected chi connectivity index (χ0v) is 12.1. The summed E-state index contributed by atoms with van der Waals surface area (Å²) in [6, 6.07) is 13.1. The van der Waals surface area contributed by atoms with E-state index < -0.39 is 0 Å². The van der Waals surface area contributed by atoms with E-state index in [1.807, 2.05) is 17.8 Å². The molecule has 1 N–H and O–H groups in total. The Kier molecular flexibility index (Phi) is 4.86. The predicted molar refractivity (Wildman–Crippen MR) is 81.5 cm³/mol. The van der Waals surface area contributed by atoms with Crippen LogP contribution in [0, 0.1) is 19.7 Å². The molecule has 0 atom stereocenters. The zero-order valence-electron chi connectivity index (χ0n) is 11.2. The lowest BCUT2D eigenvalue weighted by Gasteiger charge is -2.07. The molecule has 0 aromatic heterocycles. The lowest BCUT2D eigenvalue weighted by atomic mass is 10.1. The SMILES string of the molecule is Cc1ccc(SCCNc2cccc(F)c2)cc1C. The van der Waals surface area contributed by atoms with Crippen molar-refractivity contribution in [3.05, 3.63) is 59.4 Å². The lowest BCUT2D eigenvalue weighted by molar-refractivity contribution is 0.628. The van der Waals surface area contributed by atoms with Gasteiger partial charge in [0, 0.05) is 22.9 Å². The molecule has 19 heavy (non-hydrogen) atoms. The number of aryl methyl sites for hydroxylation is 2. The molecule has 0 saturated carbocycles. The molecule has 0 saturated heterocycles. The topological polar surface area (TPSA) is 12.0 Å². The van der Waals surface area contributed by atoms with Gasteiger partial charge >= 0.3 is 0 Å². The quantitative estimate of drug-likeness (QED) is 0.630. The molecular weight excluding hydrogens is 257 g/mol. The molecule has 2 rings (SSSR count). The van der Waals surface area contributed by atoms with Gasteiger partial charge in [0.15, 0.2) is 0 Å². The van der Waals surface area contributed by atoms with Gasteiger partial charge < -0.3 is 5.32 Å². The van der Waals surface area contributed by atoms with E-state index >= 15 is 0 Å². The van der Waals surface area contributed by atoms with E-state index in [0.717, 1.165) is 18.0 Å². The van der Waals surface area contributed by atoms with Crippen LogP contribution in [-0.2, 0) is 0 Å². The number of halogens is 1. The van der Waals surface area contributed by atoms with Crippen LogP contribution >= 0.6 is 11.8 Å². The highest BCUT2D eigenvalue weighted by molar-refractivity contribution is 7.99. The molecule has 0 aliphatic rings. The highest BCUT2D eigenvalue weighted by Gasteiger charge is 1.98. The second-order valence-electron chi connectivity index (χ2n) is 4.53. The minimum absolute atomic E-state index is 0.202. The van der Waals surface area contributed by atoms with Crippen molar-refractivity contribution in [2.24, 2.45) is 0 Å². The summed E-state index contributed by atoms with van der Waals surface area (Å²) in [5.41, 5.74) is 3.48. The third-order valence-electron chi connectivity index (χ3n) is 3.00. The third kappa shape index (κ3) is 4.28. The Morgan fingerprint density at radius 3 is 2.63 bits per heavy atom. The van der Waals surface area contributed by atoms with Crippen LogP contribution < -0.4 is 5.32 Å². The van der Waals surface area contributed by atoms with Gasteiger partial charge in [0.25, 0.3) is 0 Å². The fraction of sp³-hybridized carbons (Fsp3) is 0.250. The molecule has 0 heterocycles. The summed E-state index contributed by atoms with van der Waals surface area (Å²) in [4.78, 5) is 1.28. The molecule has 2 aromatic rings. The Balaban J connectivity index is 1.79. The minimum Gasteiger partial charge on any atom is -0.384 e. The second-order valence-corrected chi connectivity index (χ2v) is 5.70. The molecule has 0 fully saturated rings. The Labute approximate surface area is 118 Å². The number of hydrogen-bond donors (Lipinski definition) is 1. The molecule has 0 unspecified atom stereocenters. The van der Waals surface area contributed by atoms with E-state index in [1.165, 1.54) is 28.2 Å². The van der Waals surface area contributed by atoms with Crippen molar-refractivity contribution in [3.8, 4) is 0 Å². The molecule has 0 aliphatic carbocycles. The van der Waals surface area contributed by atoms with Crippen molar-refractivity contribution < 1.29 is 4.39 Å². The first-order valence-electron chi connectivity index (χ1n) is 6.34. The monoisotopic (exact) mass is 275 g/mol. The number of hydrogen-bond acceptors (Lipinski definition) is 2. The van der Waals surface area contributed by atoms with E-state index in [2.05, 4.69) is 37.4 Å². The summed E-state index contributed by atoms with van der Waals surface area (Å²) in [6.07, 6.45) is 0. The molecule has 100 valence electrons. The number of benzene rings is 2. The summed E-state index contributed by atoms with van der Waals surface area (Å²) in [5, 5.41) is 3.22. The number of anilines is 1. The van der Waals surface area contributed by atoms with E-state index in [0.29, 0.717) is 0 Å². The second kappa shape index (κ2) is 6.62. The fourth-order valence-electron chi connectivity index (χ4n) is 1.77. The summed E-state index contributed by atoms with van der Waals surface area (Å²) >= 11 is 1.81. The van der Waals surface area contributed by atoms with Crippen molar-refractivity contribution in [3.63, 3.8) is 0 Å². The van der Waals surface area contributed by atoms with Crippen LogP contribution in [0.4, 0.5) is 10.1 Å². The molecule has 0 bridgehead atoms. The van der Waals surface area contributed by atoms with Crippen LogP contribution in [0.2, 0.25) is 0 Å². The molecule has 0 radical (unpaired) electrons. The van der Waals surface area contributed by atoms with Gasteiger partial charge in [-0.1, -0.05) is 12.1 Å². The first-order chi connectivity index (χ1) is 9.15. The van der Waals surface area contributed by atoms with Gasteiger partial charge in [0.2, 0.25) is 0 Å². The summed E-state index contributed by atoms with van der Waals surface area (Å²) in [7, 11) is 0. The van der Waals surface area contributed by atoms with E-state index in [-0.39, 0.29) is 5.82 Å². The van der Waals surface area contributed by atoms with Crippen molar-refractivity contribution in [2.45, 2.75) is 18.7 Å². The molecule has 0 aliphatic heterocycles. The molecule has 3 heteroatoms. The van der Waals surface area contributed by atoms with Gasteiger partial charge in [-0.15, -0.1) is 11.8 Å². The van der Waals surface area contributed by atoms with Crippen LogP contribution in [0.25, 0.3) is 0 Å². The molecule has 0 spiro atoms. The van der Waals surface area contributed by atoms with Crippen LogP contribution in [0.3, 0.4) is 0 Å². The van der Waals surface area contributed by atoms with E-state index in [4.69, 9.17) is 0 Å². The average molecular weight is 275 g/mol. The third-order valence-corrected chi connectivity index (χ3v) is 4.00. The van der Waals surface area contributed by atoms with Gasteiger partial charge in [-0.2, -0.15) is 0 Å². The number of rotatable bonds is 5. The smallest absolute Gasteiger partial charge is 0.125 e. The molecule has 2 aromatic carbocycles. The van der Waals surface area contributed by atoms with Crippen molar-refractivity contribution in [1.29, 1.82) is 0 Å². The first-order valence-corrected chi connectivity index (χ1v) is 7.33. The van der Waals surface area contributed by atoms with Gasteiger partial charge in [0.1, 0.15) is 5.82 Å². The Morgan fingerprint density at radius 2 is 1.89 bits per heavy atom. The molecule has 0 amide bonds. The molecular formula is C16H18FNS. The number of nitrogens with one attached hydrogen (secondary N) is 1. The van der Waals surface area contributed by atoms with Crippen molar-refractivity contribution >= 4 is 17.4 Å². The van der Waals surface area contributed by atoms with Crippen molar-refractivity contribution in [2.75, 3.05) is 17.6 Å². The Bertz CT molecular complexity index is 554. The summed E-state index contributed by atoms with van der Waals surface area (Å²) in [6.45, 7) is 5.07. The van der Waals surface area contributed by atoms with Crippen LogP contribution in [0.1, 0.15) is 11.1 Å². The van der Waals surface area contributed by atoms with Crippen LogP contribution in [0.15, 0.2) is 47.4 Å². The fourth-order valence-corrected chi connectivity index (χ4v) is 2.63. The molecule has 1 nitrogen and oxygen atoms in total. The van der Waals surface area contributed by atoms with Gasteiger partial charge in [-0.25, -0.2) is 4.39 Å². The maximum Gasteiger partial charge on any atom is 0.125 e. The standard InChI is InChI=1S/C16H18FNS/c1-12-6-7-16(10-13(12)2)19-9-8-18-15-5-3-4-14(17)11-15/h3-7,10-11,18H,8-9H2,1-2H3. The Morgan fingerprint density at radius 1 is 1.05 bits per heavy atom. The first kappa shape index (κ1) is 13.9. The summed E-state index contributed by atoms with van der Waals surface area (Å²) < 4.78 is 13.0. The van der Waals surface area contributed by atoms with Gasteiger partial charge in [0.05, 0.1) is 0 Å². The lowest BCUT2D eigenvalue weighted by Crippen LogP contribution is -2.04. The highest BCUT2D eigenvalue weighted by Crippen LogP contribution is 2.21. The van der Waals surface area contributed by atoms with Gasteiger partial charge in [-0.3, -0.25) is 0 Å². The highest BCUT2D eigenvalue weighted by atomic mass is 32.2. The minimum atomic E-state index is -0.202. The predicted octanol–water partition coefficient (Wildman–Crippen LogP) is 4.65. The van der Waals surface area contributed by atoms with E-state index in [9.17, 15) is 4.39 Å². The maximum absolute atomic E-state index is 13.0. The van der Waals surface area contributed by atoms with Crippen LogP contribution in [-0.4, -0.2) is 12.3 Å². The van der Waals surface area contributed by atoms with E-state index in [1.54, 1.807) is 6.07 Å². The van der Waals surface area contributed by atoms with Gasteiger partial charge in [-0.05, 0) is 55.3 Å². The maximum atomic E-state index is 13.0.